The molecule has 0 N–H and O–H groups in total. The summed E-state index contributed by atoms with van der Waals surface area (Å²) in [6.07, 6.45) is 4.04. The predicted octanol–water partition coefficient (Wildman–Crippen LogP) is 2.30. The smallest absolute Gasteiger partial charge is 0.125 e. The largest absolute Gasteiger partial charge is 0.303 e. The van der Waals surface area contributed by atoms with E-state index in [1.54, 1.807) is 0 Å². The molecule has 0 saturated carbocycles. The van der Waals surface area contributed by atoms with Gasteiger partial charge in [-0.25, -0.2) is 0 Å². The molecule has 0 rings (SSSR count). The average molecular weight is 153 g/mol. The van der Waals surface area contributed by atoms with Gasteiger partial charge >= 0.3 is 0 Å². The van der Waals surface area contributed by atoms with Crippen molar-refractivity contribution in [1.82, 2.24) is 0 Å². The Kier molecular flexibility index (Phi) is 4.52. The van der Waals surface area contributed by atoms with Gasteiger partial charge in [0.15, 0.2) is 0 Å². The summed E-state index contributed by atoms with van der Waals surface area (Å²) in [6.45, 7) is 3.97. The first-order chi connectivity index (χ1) is 5.18. The Morgan fingerprint density at radius 1 is 1.55 bits per heavy atom. The van der Waals surface area contributed by atoms with Crippen LogP contribution in [0.1, 0.15) is 39.5 Å². The molecular weight excluding hydrogens is 138 g/mol. The van der Waals surface area contributed by atoms with E-state index in [0.29, 0.717) is 12.8 Å². The van der Waals surface area contributed by atoms with E-state index in [-0.39, 0.29) is 5.41 Å². The molecule has 0 spiro atoms. The SMILES string of the molecule is CCCC(C)(C=O)CCC#N. The lowest BCUT2D eigenvalue weighted by Gasteiger charge is -2.20. The van der Waals surface area contributed by atoms with E-state index in [4.69, 9.17) is 5.26 Å². The second-order valence-electron chi connectivity index (χ2n) is 3.18. The summed E-state index contributed by atoms with van der Waals surface area (Å²) in [5.74, 6) is 0. The van der Waals surface area contributed by atoms with Gasteiger partial charge in [0.1, 0.15) is 6.29 Å². The van der Waals surface area contributed by atoms with Crippen molar-refractivity contribution < 1.29 is 4.79 Å². The molecule has 11 heavy (non-hydrogen) atoms. The van der Waals surface area contributed by atoms with E-state index in [9.17, 15) is 4.79 Å². The molecule has 1 unspecified atom stereocenters. The molecule has 0 aliphatic carbocycles. The van der Waals surface area contributed by atoms with Crippen LogP contribution in [0.2, 0.25) is 0 Å². The van der Waals surface area contributed by atoms with Crippen molar-refractivity contribution in [3.8, 4) is 6.07 Å². The van der Waals surface area contributed by atoms with Crippen molar-refractivity contribution >= 4 is 6.29 Å². The summed E-state index contributed by atoms with van der Waals surface area (Å²) in [7, 11) is 0. The minimum absolute atomic E-state index is 0.259. The van der Waals surface area contributed by atoms with Gasteiger partial charge in [0.05, 0.1) is 6.07 Å². The number of carbonyl (C=O) groups is 1. The molecule has 62 valence electrons. The van der Waals surface area contributed by atoms with Crippen molar-refractivity contribution in [2.24, 2.45) is 5.41 Å². The van der Waals surface area contributed by atoms with E-state index in [1.807, 2.05) is 13.8 Å². The second-order valence-corrected chi connectivity index (χ2v) is 3.18. The van der Waals surface area contributed by atoms with Crippen LogP contribution in [0, 0.1) is 16.7 Å². The topological polar surface area (TPSA) is 40.9 Å². The van der Waals surface area contributed by atoms with E-state index < -0.39 is 0 Å². The third kappa shape index (κ3) is 3.77. The predicted molar refractivity (Wildman–Crippen MR) is 43.9 cm³/mol. The lowest BCUT2D eigenvalue weighted by atomic mass is 9.83. The Hall–Kier alpha value is -0.840. The summed E-state index contributed by atoms with van der Waals surface area (Å²) >= 11 is 0. The Labute approximate surface area is 68.2 Å². The zero-order valence-electron chi connectivity index (χ0n) is 7.26. The third-order valence-electron chi connectivity index (χ3n) is 1.91. The maximum absolute atomic E-state index is 10.6. The maximum atomic E-state index is 10.6. The van der Waals surface area contributed by atoms with Gasteiger partial charge in [0.25, 0.3) is 0 Å². The van der Waals surface area contributed by atoms with Gasteiger partial charge in [-0.2, -0.15) is 5.26 Å². The van der Waals surface area contributed by atoms with Gasteiger partial charge in [-0.15, -0.1) is 0 Å². The number of nitrogens with zero attached hydrogens (tertiary/aromatic N) is 1. The number of hydrogen-bond donors (Lipinski definition) is 0. The zero-order chi connectivity index (χ0) is 8.74. The Morgan fingerprint density at radius 2 is 2.18 bits per heavy atom. The quantitative estimate of drug-likeness (QED) is 0.568. The first-order valence-electron chi connectivity index (χ1n) is 4.02. The van der Waals surface area contributed by atoms with Gasteiger partial charge in [0, 0.05) is 11.8 Å². The number of hydrogen-bond acceptors (Lipinski definition) is 2. The highest BCUT2D eigenvalue weighted by atomic mass is 16.1. The normalized spacial score (nSPS) is 15.0. The molecule has 0 radical (unpaired) electrons. The third-order valence-corrected chi connectivity index (χ3v) is 1.91. The fourth-order valence-corrected chi connectivity index (χ4v) is 1.16. The first-order valence-corrected chi connectivity index (χ1v) is 4.02. The molecule has 2 heteroatoms. The monoisotopic (exact) mass is 153 g/mol. The van der Waals surface area contributed by atoms with Gasteiger partial charge in [-0.05, 0) is 12.8 Å². The van der Waals surface area contributed by atoms with Crippen LogP contribution in [0.5, 0.6) is 0 Å². The van der Waals surface area contributed by atoms with Crippen LogP contribution in [0.25, 0.3) is 0 Å². The minimum Gasteiger partial charge on any atom is -0.303 e. The second kappa shape index (κ2) is 4.90. The molecule has 0 aromatic rings. The standard InChI is InChI=1S/C9H15NO/c1-3-5-9(2,8-11)6-4-7-10/h8H,3-6H2,1-2H3. The molecule has 0 aromatic carbocycles. The van der Waals surface area contributed by atoms with Gasteiger partial charge in [0.2, 0.25) is 0 Å². The molecule has 0 saturated heterocycles. The zero-order valence-corrected chi connectivity index (χ0v) is 7.26. The van der Waals surface area contributed by atoms with E-state index in [0.717, 1.165) is 19.1 Å². The number of rotatable bonds is 5. The van der Waals surface area contributed by atoms with Crippen LogP contribution in [0.15, 0.2) is 0 Å². The number of aldehydes is 1. The van der Waals surface area contributed by atoms with Crippen molar-refractivity contribution in [3.05, 3.63) is 0 Å². The van der Waals surface area contributed by atoms with Crippen molar-refractivity contribution in [2.75, 3.05) is 0 Å². The summed E-state index contributed by atoms with van der Waals surface area (Å²) in [4.78, 5) is 10.6. The highest BCUT2D eigenvalue weighted by Crippen LogP contribution is 2.25. The average Bonchev–Trinajstić information content (AvgIpc) is 2.02. The summed E-state index contributed by atoms with van der Waals surface area (Å²) in [5, 5.41) is 8.33. The van der Waals surface area contributed by atoms with Gasteiger partial charge in [-0.3, -0.25) is 0 Å². The Balaban J connectivity index is 3.90. The van der Waals surface area contributed by atoms with Crippen LogP contribution in [0.3, 0.4) is 0 Å². The molecule has 2 nitrogen and oxygen atoms in total. The molecule has 0 aliphatic rings. The van der Waals surface area contributed by atoms with Gasteiger partial charge in [-0.1, -0.05) is 20.3 Å². The fourth-order valence-electron chi connectivity index (χ4n) is 1.16. The van der Waals surface area contributed by atoms with E-state index >= 15 is 0 Å². The van der Waals surface area contributed by atoms with E-state index in [1.165, 1.54) is 0 Å². The molecule has 0 bridgehead atoms. The molecule has 1 atom stereocenters. The first kappa shape index (κ1) is 10.2. The highest BCUT2D eigenvalue weighted by Gasteiger charge is 2.21. The van der Waals surface area contributed by atoms with Crippen LogP contribution in [0.4, 0.5) is 0 Å². The maximum Gasteiger partial charge on any atom is 0.125 e. The lowest BCUT2D eigenvalue weighted by molar-refractivity contribution is -0.116. The number of nitriles is 1. The highest BCUT2D eigenvalue weighted by molar-refractivity contribution is 5.58. The molecule has 0 heterocycles. The van der Waals surface area contributed by atoms with Crippen LogP contribution >= 0.6 is 0 Å². The molecule has 0 amide bonds. The number of carbonyl (C=O) groups excluding carboxylic acids is 1. The molecule has 0 aromatic heterocycles. The van der Waals surface area contributed by atoms with Crippen LogP contribution in [-0.2, 0) is 4.79 Å². The van der Waals surface area contributed by atoms with Crippen LogP contribution < -0.4 is 0 Å². The summed E-state index contributed by atoms with van der Waals surface area (Å²) in [5.41, 5.74) is -0.259. The summed E-state index contributed by atoms with van der Waals surface area (Å²) < 4.78 is 0. The lowest BCUT2D eigenvalue weighted by Crippen LogP contribution is -2.17. The van der Waals surface area contributed by atoms with Crippen molar-refractivity contribution in [3.63, 3.8) is 0 Å². The van der Waals surface area contributed by atoms with Crippen molar-refractivity contribution in [1.29, 1.82) is 5.26 Å². The Bertz CT molecular complexity index is 159. The molecular formula is C9H15NO. The van der Waals surface area contributed by atoms with E-state index in [2.05, 4.69) is 6.07 Å². The van der Waals surface area contributed by atoms with Crippen LogP contribution in [-0.4, -0.2) is 6.29 Å². The Morgan fingerprint density at radius 3 is 2.55 bits per heavy atom. The van der Waals surface area contributed by atoms with Gasteiger partial charge < -0.3 is 4.79 Å². The fraction of sp³-hybridized carbons (Fsp3) is 0.778. The summed E-state index contributed by atoms with van der Waals surface area (Å²) in [6, 6.07) is 2.06. The molecule has 0 fully saturated rings. The van der Waals surface area contributed by atoms with Crippen molar-refractivity contribution in [2.45, 2.75) is 39.5 Å². The minimum atomic E-state index is -0.259. The molecule has 0 aliphatic heterocycles.